The zero-order valence-electron chi connectivity index (χ0n) is 9.59. The Balaban J connectivity index is 0. The summed E-state index contributed by atoms with van der Waals surface area (Å²) in [4.78, 5) is 11.3. The van der Waals surface area contributed by atoms with Crippen molar-refractivity contribution in [3.8, 4) is 0 Å². The molecule has 0 aliphatic heterocycles. The Morgan fingerprint density at radius 1 is 1.40 bits per heavy atom. The van der Waals surface area contributed by atoms with Crippen molar-refractivity contribution < 1.29 is 50.7 Å². The Morgan fingerprint density at radius 2 is 2.00 bits per heavy atom. The van der Waals surface area contributed by atoms with Gasteiger partial charge in [0.15, 0.2) is 0 Å². The molecular weight excluding hydrogens is 207 g/mol. The van der Waals surface area contributed by atoms with Gasteiger partial charge in [-0.3, -0.25) is 0 Å². The molecule has 0 spiro atoms. The summed E-state index contributed by atoms with van der Waals surface area (Å²) in [6.07, 6.45) is -1.01. The molecule has 4 nitrogen and oxygen atoms in total. The molecule has 0 fully saturated rings. The summed E-state index contributed by atoms with van der Waals surface area (Å²) in [6, 6.07) is 8.47. The first-order valence-corrected chi connectivity index (χ1v) is 4.25. The second-order valence-electron chi connectivity index (χ2n) is 2.80. The van der Waals surface area contributed by atoms with Gasteiger partial charge < -0.3 is 16.4 Å². The summed E-state index contributed by atoms with van der Waals surface area (Å²) < 4.78 is 4.73. The van der Waals surface area contributed by atoms with E-state index < -0.39 is 18.7 Å². The molecule has 0 saturated carbocycles. The zero-order valence-corrected chi connectivity index (χ0v) is 10.6. The molecule has 1 aromatic carbocycles. The van der Waals surface area contributed by atoms with Gasteiger partial charge in [-0.1, -0.05) is 18.2 Å². The number of carbonyl (C=O) groups is 1. The van der Waals surface area contributed by atoms with Crippen molar-refractivity contribution in [3.05, 3.63) is 35.9 Å². The number of aliphatic hydroxyl groups excluding tert-OH is 2. The van der Waals surface area contributed by atoms with Gasteiger partial charge in [-0.05, 0) is 12.1 Å². The molecule has 1 rings (SSSR count). The molecule has 0 bridgehead atoms. The molecule has 15 heavy (non-hydrogen) atoms. The van der Waals surface area contributed by atoms with Crippen LogP contribution in [0.1, 0.15) is 11.8 Å². The maximum atomic E-state index is 11.3. The van der Waals surface area contributed by atoms with Crippen LogP contribution < -0.4 is 29.6 Å². The largest absolute Gasteiger partial charge is 1.00 e. The molecule has 1 unspecified atom stereocenters. The summed E-state index contributed by atoms with van der Waals surface area (Å²) in [6.45, 7) is -0.605. The molecule has 2 N–H and O–H groups in total. The normalized spacial score (nSPS) is 11.3. The molecule has 0 aromatic heterocycles. The van der Waals surface area contributed by atoms with Crippen molar-refractivity contribution in [1.29, 1.82) is 0 Å². The second kappa shape index (κ2) is 7.84. The fraction of sp³-hybridized carbons (Fsp3) is 0.300. The van der Waals surface area contributed by atoms with Crippen LogP contribution in [0.2, 0.25) is 0 Å². The molecular formula is C10H13NaO4. The van der Waals surface area contributed by atoms with Gasteiger partial charge in [0.25, 0.3) is 0 Å². The number of benzene rings is 1. The number of ether oxygens (including phenoxy) is 1. The standard InChI is InChI=1S/C10H12O4.Na.H/c11-6-9(12)7-14-10(13)8-4-2-1-3-5-8;;/h1-5,9,11-12H,6-7H2;;/q;+1;-1. The van der Waals surface area contributed by atoms with Crippen LogP contribution in [-0.2, 0) is 4.74 Å². The van der Waals surface area contributed by atoms with Crippen molar-refractivity contribution in [2.45, 2.75) is 6.10 Å². The molecule has 1 aromatic rings. The second-order valence-corrected chi connectivity index (χ2v) is 2.80. The van der Waals surface area contributed by atoms with Crippen molar-refractivity contribution in [2.75, 3.05) is 13.2 Å². The maximum absolute atomic E-state index is 11.3. The molecule has 5 heteroatoms. The third-order valence-electron chi connectivity index (χ3n) is 1.63. The van der Waals surface area contributed by atoms with E-state index in [0.29, 0.717) is 5.56 Å². The summed E-state index contributed by atoms with van der Waals surface area (Å²) in [5, 5.41) is 17.4. The minimum atomic E-state index is -1.01. The van der Waals surface area contributed by atoms with Gasteiger partial charge in [0.05, 0.1) is 12.2 Å². The Kier molecular flexibility index (Phi) is 7.64. The van der Waals surface area contributed by atoms with Gasteiger partial charge >= 0.3 is 35.5 Å². The summed E-state index contributed by atoms with van der Waals surface area (Å²) >= 11 is 0. The molecule has 0 amide bonds. The van der Waals surface area contributed by atoms with Gasteiger partial charge in [0, 0.05) is 0 Å². The van der Waals surface area contributed by atoms with Crippen LogP contribution in [0.4, 0.5) is 0 Å². The van der Waals surface area contributed by atoms with Crippen molar-refractivity contribution in [2.24, 2.45) is 0 Å². The average molecular weight is 220 g/mol. The Bertz CT molecular complexity index is 294. The van der Waals surface area contributed by atoms with Gasteiger partial charge in [-0.2, -0.15) is 0 Å². The van der Waals surface area contributed by atoms with E-state index >= 15 is 0 Å². The predicted molar refractivity (Wildman–Crippen MR) is 50.9 cm³/mol. The van der Waals surface area contributed by atoms with E-state index in [2.05, 4.69) is 0 Å². The summed E-state index contributed by atoms with van der Waals surface area (Å²) in [5.41, 5.74) is 0.428. The van der Waals surface area contributed by atoms with E-state index in [0.717, 1.165) is 0 Å². The van der Waals surface area contributed by atoms with E-state index in [1.54, 1.807) is 30.3 Å². The Labute approximate surface area is 112 Å². The smallest absolute Gasteiger partial charge is 1.00 e. The number of hydrogen-bond acceptors (Lipinski definition) is 4. The van der Waals surface area contributed by atoms with Crippen LogP contribution in [-0.4, -0.2) is 35.5 Å². The van der Waals surface area contributed by atoms with E-state index in [-0.39, 0.29) is 37.6 Å². The van der Waals surface area contributed by atoms with E-state index in [1.165, 1.54) is 0 Å². The monoisotopic (exact) mass is 220 g/mol. The average Bonchev–Trinajstić information content (AvgIpc) is 2.26. The van der Waals surface area contributed by atoms with Crippen LogP contribution in [0.3, 0.4) is 0 Å². The maximum Gasteiger partial charge on any atom is 1.00 e. The molecule has 0 radical (unpaired) electrons. The Morgan fingerprint density at radius 3 is 2.53 bits per heavy atom. The molecule has 0 saturated heterocycles. The fourth-order valence-electron chi connectivity index (χ4n) is 0.882. The summed E-state index contributed by atoms with van der Waals surface area (Å²) in [5.74, 6) is -0.502. The number of rotatable bonds is 4. The molecule has 0 aliphatic carbocycles. The van der Waals surface area contributed by atoms with Crippen molar-refractivity contribution in [1.82, 2.24) is 0 Å². The number of carbonyl (C=O) groups excluding carboxylic acids is 1. The molecule has 0 heterocycles. The zero-order chi connectivity index (χ0) is 10.4. The quantitative estimate of drug-likeness (QED) is 0.428. The van der Waals surface area contributed by atoms with Crippen LogP contribution >= 0.6 is 0 Å². The predicted octanol–water partition coefficient (Wildman–Crippen LogP) is -2.69. The molecule has 78 valence electrons. The van der Waals surface area contributed by atoms with Crippen LogP contribution in [0, 0.1) is 0 Å². The van der Waals surface area contributed by atoms with Crippen molar-refractivity contribution in [3.63, 3.8) is 0 Å². The van der Waals surface area contributed by atoms with E-state index in [1.807, 2.05) is 0 Å². The van der Waals surface area contributed by atoms with Crippen molar-refractivity contribution >= 4 is 5.97 Å². The minimum Gasteiger partial charge on any atom is -1.00 e. The van der Waals surface area contributed by atoms with Crippen LogP contribution in [0.5, 0.6) is 0 Å². The third kappa shape index (κ3) is 5.30. The number of aliphatic hydroxyl groups is 2. The van der Waals surface area contributed by atoms with Crippen LogP contribution in [0.15, 0.2) is 30.3 Å². The fourth-order valence-corrected chi connectivity index (χ4v) is 0.882. The minimum absolute atomic E-state index is 0. The van der Waals surface area contributed by atoms with Crippen LogP contribution in [0.25, 0.3) is 0 Å². The number of esters is 1. The molecule has 1 atom stereocenters. The first-order chi connectivity index (χ1) is 6.74. The SMILES string of the molecule is O=C(OCC(O)CO)c1ccccc1.[H-].[Na+]. The first-order valence-electron chi connectivity index (χ1n) is 4.25. The van der Waals surface area contributed by atoms with E-state index in [4.69, 9.17) is 14.9 Å². The Hall–Kier alpha value is -0.390. The van der Waals surface area contributed by atoms with Gasteiger partial charge in [-0.25, -0.2) is 4.79 Å². The topological polar surface area (TPSA) is 66.8 Å². The third-order valence-corrected chi connectivity index (χ3v) is 1.63. The van der Waals surface area contributed by atoms with Gasteiger partial charge in [0.1, 0.15) is 12.7 Å². The summed E-state index contributed by atoms with van der Waals surface area (Å²) in [7, 11) is 0. The van der Waals surface area contributed by atoms with Gasteiger partial charge in [0.2, 0.25) is 0 Å². The first kappa shape index (κ1) is 14.6. The van der Waals surface area contributed by atoms with Gasteiger partial charge in [-0.15, -0.1) is 0 Å². The van der Waals surface area contributed by atoms with E-state index in [9.17, 15) is 4.79 Å². The number of hydrogen-bond donors (Lipinski definition) is 2. The molecule has 0 aliphatic rings.